The maximum absolute atomic E-state index is 10.7. The van der Waals surface area contributed by atoms with Crippen LogP contribution >= 0.6 is 0 Å². The van der Waals surface area contributed by atoms with E-state index in [4.69, 9.17) is 14.6 Å². The van der Waals surface area contributed by atoms with Gasteiger partial charge >= 0.3 is 5.97 Å². The first-order chi connectivity index (χ1) is 12.1. The van der Waals surface area contributed by atoms with Crippen molar-refractivity contribution in [3.05, 3.63) is 60.2 Å². The molecule has 0 bridgehead atoms. The molecule has 0 aliphatic rings. The molecule has 0 saturated carbocycles. The predicted molar refractivity (Wildman–Crippen MR) is 95.1 cm³/mol. The molecule has 0 fully saturated rings. The molecule has 6 nitrogen and oxygen atoms in total. The van der Waals surface area contributed by atoms with Gasteiger partial charge in [-0.2, -0.15) is 10.2 Å². The SMILES string of the molecule is COc1ccc(N=Nc2ccc(OCCC=C(C)C(=O)O)cc2)cc1. The zero-order chi connectivity index (χ0) is 18.1. The number of azo groups is 1. The molecule has 0 aliphatic carbocycles. The summed E-state index contributed by atoms with van der Waals surface area (Å²) in [5.74, 6) is 0.560. The molecule has 0 radical (unpaired) electrons. The average molecular weight is 340 g/mol. The third kappa shape index (κ3) is 6.10. The van der Waals surface area contributed by atoms with Crippen LogP contribution < -0.4 is 9.47 Å². The van der Waals surface area contributed by atoms with Crippen LogP contribution in [0.15, 0.2) is 70.4 Å². The number of rotatable bonds is 8. The molecular formula is C19H20N2O4. The van der Waals surface area contributed by atoms with E-state index in [1.807, 2.05) is 24.3 Å². The first-order valence-electron chi connectivity index (χ1n) is 7.77. The topological polar surface area (TPSA) is 80.5 Å². The highest BCUT2D eigenvalue weighted by atomic mass is 16.5. The van der Waals surface area contributed by atoms with Crippen molar-refractivity contribution in [1.29, 1.82) is 0 Å². The lowest BCUT2D eigenvalue weighted by atomic mass is 10.2. The molecule has 0 amide bonds. The van der Waals surface area contributed by atoms with Crippen LogP contribution in [-0.2, 0) is 4.79 Å². The Morgan fingerprint density at radius 2 is 1.52 bits per heavy atom. The van der Waals surface area contributed by atoms with Gasteiger partial charge in [0.1, 0.15) is 11.5 Å². The van der Waals surface area contributed by atoms with E-state index < -0.39 is 5.97 Å². The number of carboxylic acid groups (broad SMARTS) is 1. The third-order valence-electron chi connectivity index (χ3n) is 3.36. The summed E-state index contributed by atoms with van der Waals surface area (Å²) >= 11 is 0. The fraction of sp³-hybridized carbons (Fsp3) is 0.211. The van der Waals surface area contributed by atoms with Gasteiger partial charge in [0.25, 0.3) is 0 Å². The van der Waals surface area contributed by atoms with Crippen molar-refractivity contribution < 1.29 is 19.4 Å². The Kier molecular flexibility index (Phi) is 6.71. The summed E-state index contributed by atoms with van der Waals surface area (Å²) in [5, 5.41) is 17.1. The number of benzene rings is 2. The lowest BCUT2D eigenvalue weighted by Crippen LogP contribution is -1.99. The van der Waals surface area contributed by atoms with Gasteiger partial charge in [0, 0.05) is 12.0 Å². The molecule has 0 unspecified atom stereocenters. The second-order valence-corrected chi connectivity index (χ2v) is 5.22. The van der Waals surface area contributed by atoms with Crippen molar-refractivity contribution in [2.75, 3.05) is 13.7 Å². The summed E-state index contributed by atoms with van der Waals surface area (Å²) in [6.45, 7) is 1.97. The first kappa shape index (κ1) is 18.2. The molecule has 0 aliphatic heterocycles. The average Bonchev–Trinajstić information content (AvgIpc) is 2.64. The lowest BCUT2D eigenvalue weighted by molar-refractivity contribution is -0.132. The monoisotopic (exact) mass is 340 g/mol. The molecule has 6 heteroatoms. The fourth-order valence-corrected chi connectivity index (χ4v) is 1.91. The minimum absolute atomic E-state index is 0.317. The Morgan fingerprint density at radius 1 is 1.00 bits per heavy atom. The molecule has 0 atom stereocenters. The van der Waals surface area contributed by atoms with Crippen molar-refractivity contribution in [2.24, 2.45) is 10.2 Å². The normalized spacial score (nSPS) is 11.5. The van der Waals surface area contributed by atoms with Gasteiger partial charge in [-0.25, -0.2) is 4.79 Å². The van der Waals surface area contributed by atoms with Crippen LogP contribution in [0.5, 0.6) is 11.5 Å². The van der Waals surface area contributed by atoms with Gasteiger partial charge in [-0.05, 0) is 55.5 Å². The van der Waals surface area contributed by atoms with Crippen LogP contribution in [0.1, 0.15) is 13.3 Å². The van der Waals surface area contributed by atoms with Crippen molar-refractivity contribution in [2.45, 2.75) is 13.3 Å². The van der Waals surface area contributed by atoms with E-state index in [1.54, 1.807) is 44.4 Å². The minimum Gasteiger partial charge on any atom is -0.497 e. The van der Waals surface area contributed by atoms with E-state index in [9.17, 15) is 4.79 Å². The standard InChI is InChI=1S/C19H20N2O4/c1-14(19(22)23)4-3-13-25-18-11-7-16(8-12-18)21-20-15-5-9-17(24-2)10-6-15/h4-12H,3,13H2,1-2H3,(H,22,23). The van der Waals surface area contributed by atoms with Gasteiger partial charge in [0.15, 0.2) is 0 Å². The molecule has 0 saturated heterocycles. The zero-order valence-electron chi connectivity index (χ0n) is 14.2. The Morgan fingerprint density at radius 3 is 2.00 bits per heavy atom. The summed E-state index contributed by atoms with van der Waals surface area (Å²) in [7, 11) is 1.61. The number of ether oxygens (including phenoxy) is 2. The molecule has 2 aromatic carbocycles. The number of carboxylic acids is 1. The summed E-state index contributed by atoms with van der Waals surface area (Å²) in [6.07, 6.45) is 2.18. The van der Waals surface area contributed by atoms with E-state index in [-0.39, 0.29) is 0 Å². The number of carbonyl (C=O) groups is 1. The fourth-order valence-electron chi connectivity index (χ4n) is 1.91. The summed E-state index contributed by atoms with van der Waals surface area (Å²) < 4.78 is 10.6. The van der Waals surface area contributed by atoms with Crippen LogP contribution in [0.4, 0.5) is 11.4 Å². The van der Waals surface area contributed by atoms with E-state index >= 15 is 0 Å². The largest absolute Gasteiger partial charge is 0.497 e. The van der Waals surface area contributed by atoms with Crippen molar-refractivity contribution >= 4 is 17.3 Å². The van der Waals surface area contributed by atoms with Crippen LogP contribution in [-0.4, -0.2) is 24.8 Å². The Hall–Kier alpha value is -3.15. The van der Waals surface area contributed by atoms with Gasteiger partial charge in [0.05, 0.1) is 25.1 Å². The Bertz CT molecular complexity index is 750. The summed E-state index contributed by atoms with van der Waals surface area (Å²) in [5.41, 5.74) is 1.77. The third-order valence-corrected chi connectivity index (χ3v) is 3.36. The maximum atomic E-state index is 10.7. The van der Waals surface area contributed by atoms with Crippen molar-refractivity contribution in [3.8, 4) is 11.5 Å². The second-order valence-electron chi connectivity index (χ2n) is 5.22. The van der Waals surface area contributed by atoms with E-state index in [2.05, 4.69) is 10.2 Å². The Balaban J connectivity index is 1.85. The van der Waals surface area contributed by atoms with Gasteiger partial charge in [-0.3, -0.25) is 0 Å². The number of aliphatic carboxylic acids is 1. The van der Waals surface area contributed by atoms with Crippen LogP contribution in [0, 0.1) is 0 Å². The molecular weight excluding hydrogens is 320 g/mol. The summed E-state index contributed by atoms with van der Waals surface area (Å²) in [6, 6.07) is 14.5. The smallest absolute Gasteiger partial charge is 0.330 e. The number of hydrogen-bond donors (Lipinski definition) is 1. The lowest BCUT2D eigenvalue weighted by Gasteiger charge is -2.04. The van der Waals surface area contributed by atoms with E-state index in [0.29, 0.717) is 30.0 Å². The Labute approximate surface area is 146 Å². The molecule has 2 aromatic rings. The highest BCUT2D eigenvalue weighted by Crippen LogP contribution is 2.23. The highest BCUT2D eigenvalue weighted by molar-refractivity contribution is 5.85. The van der Waals surface area contributed by atoms with Crippen molar-refractivity contribution in [1.82, 2.24) is 0 Å². The number of nitrogens with zero attached hydrogens (tertiary/aromatic N) is 2. The molecule has 0 heterocycles. The first-order valence-corrected chi connectivity index (χ1v) is 7.77. The summed E-state index contributed by atoms with van der Waals surface area (Å²) in [4.78, 5) is 10.7. The quantitative estimate of drug-likeness (QED) is 0.420. The maximum Gasteiger partial charge on any atom is 0.330 e. The van der Waals surface area contributed by atoms with Gasteiger partial charge < -0.3 is 14.6 Å². The van der Waals surface area contributed by atoms with Gasteiger partial charge in [-0.1, -0.05) is 6.08 Å². The van der Waals surface area contributed by atoms with Crippen LogP contribution in [0.25, 0.3) is 0 Å². The molecule has 0 spiro atoms. The molecule has 130 valence electrons. The molecule has 1 N–H and O–H groups in total. The molecule has 0 aromatic heterocycles. The highest BCUT2D eigenvalue weighted by Gasteiger charge is 1.99. The van der Waals surface area contributed by atoms with Crippen molar-refractivity contribution in [3.63, 3.8) is 0 Å². The van der Waals surface area contributed by atoms with E-state index in [1.165, 1.54) is 0 Å². The van der Waals surface area contributed by atoms with Gasteiger partial charge in [-0.15, -0.1) is 0 Å². The molecule has 2 rings (SSSR count). The number of hydrogen-bond acceptors (Lipinski definition) is 5. The predicted octanol–water partition coefficient (Wildman–Crippen LogP) is 4.91. The van der Waals surface area contributed by atoms with Gasteiger partial charge in [0.2, 0.25) is 0 Å². The van der Waals surface area contributed by atoms with Crippen LogP contribution in [0.3, 0.4) is 0 Å². The zero-order valence-corrected chi connectivity index (χ0v) is 14.2. The molecule has 25 heavy (non-hydrogen) atoms. The second kappa shape index (κ2) is 9.22. The minimum atomic E-state index is -0.911. The van der Waals surface area contributed by atoms with Crippen LogP contribution in [0.2, 0.25) is 0 Å². The van der Waals surface area contributed by atoms with E-state index in [0.717, 1.165) is 11.4 Å². The number of methoxy groups -OCH3 is 1.